The summed E-state index contributed by atoms with van der Waals surface area (Å²) >= 11 is 3.36. The fraction of sp³-hybridized carbons (Fsp3) is 0.267. The first-order chi connectivity index (χ1) is 9.61. The van der Waals surface area contributed by atoms with Crippen molar-refractivity contribution in [1.29, 1.82) is 0 Å². The molecule has 5 heteroatoms. The highest BCUT2D eigenvalue weighted by Gasteiger charge is 2.13. The van der Waals surface area contributed by atoms with Gasteiger partial charge in [0.05, 0.1) is 12.6 Å². The number of benzene rings is 1. The van der Waals surface area contributed by atoms with E-state index in [1.54, 1.807) is 16.8 Å². The molecule has 1 heterocycles. The molecule has 2 rings (SSSR count). The number of pyridine rings is 1. The normalized spacial score (nSPS) is 12.2. The summed E-state index contributed by atoms with van der Waals surface area (Å²) in [7, 11) is 0. The van der Waals surface area contributed by atoms with E-state index in [1.165, 1.54) is 6.07 Å². The third kappa shape index (κ3) is 3.49. The lowest BCUT2D eigenvalue weighted by Gasteiger charge is -2.17. The number of nitrogens with two attached hydrogens (primary N) is 1. The van der Waals surface area contributed by atoms with Crippen LogP contribution in [0.5, 0.6) is 5.75 Å². The molecule has 20 heavy (non-hydrogen) atoms. The van der Waals surface area contributed by atoms with Crippen LogP contribution in [-0.2, 0) is 6.54 Å². The molecular formula is C15H17BrN2O2. The first-order valence-electron chi connectivity index (χ1n) is 6.45. The van der Waals surface area contributed by atoms with Crippen LogP contribution in [-0.4, -0.2) is 11.2 Å². The molecule has 1 aromatic carbocycles. The van der Waals surface area contributed by atoms with E-state index in [0.29, 0.717) is 13.2 Å². The molecule has 0 aliphatic rings. The molecule has 1 aromatic heterocycles. The van der Waals surface area contributed by atoms with Gasteiger partial charge < -0.3 is 15.0 Å². The number of para-hydroxylation sites is 1. The summed E-state index contributed by atoms with van der Waals surface area (Å²) in [4.78, 5) is 11.8. The number of hydrogen-bond donors (Lipinski definition) is 1. The van der Waals surface area contributed by atoms with Gasteiger partial charge in [0, 0.05) is 28.8 Å². The van der Waals surface area contributed by atoms with E-state index >= 15 is 0 Å². The summed E-state index contributed by atoms with van der Waals surface area (Å²) in [5, 5.41) is 0. The van der Waals surface area contributed by atoms with Crippen molar-refractivity contribution in [2.75, 3.05) is 6.61 Å². The monoisotopic (exact) mass is 336 g/mol. The molecule has 0 saturated carbocycles. The van der Waals surface area contributed by atoms with Crippen molar-refractivity contribution in [2.45, 2.75) is 19.5 Å². The zero-order valence-corrected chi connectivity index (χ0v) is 12.8. The highest BCUT2D eigenvalue weighted by Crippen LogP contribution is 2.24. The van der Waals surface area contributed by atoms with Gasteiger partial charge >= 0.3 is 0 Å². The minimum absolute atomic E-state index is 0.0717. The van der Waals surface area contributed by atoms with E-state index in [0.717, 1.165) is 15.8 Å². The number of hydrogen-bond acceptors (Lipinski definition) is 3. The average Bonchev–Trinajstić information content (AvgIpc) is 2.44. The zero-order chi connectivity index (χ0) is 14.5. The van der Waals surface area contributed by atoms with Crippen LogP contribution in [0.1, 0.15) is 18.5 Å². The van der Waals surface area contributed by atoms with Crippen LogP contribution in [0.25, 0.3) is 0 Å². The molecule has 0 saturated heterocycles. The van der Waals surface area contributed by atoms with Crippen LogP contribution in [0.2, 0.25) is 0 Å². The average molecular weight is 337 g/mol. The summed E-state index contributed by atoms with van der Waals surface area (Å²) in [6.45, 7) is 2.92. The molecule has 0 bridgehead atoms. The van der Waals surface area contributed by atoms with Gasteiger partial charge in [-0.05, 0) is 35.0 Å². The lowest BCUT2D eigenvalue weighted by molar-refractivity contribution is 0.332. The van der Waals surface area contributed by atoms with Crippen LogP contribution >= 0.6 is 15.9 Å². The van der Waals surface area contributed by atoms with Gasteiger partial charge in [0.25, 0.3) is 5.56 Å². The summed E-state index contributed by atoms with van der Waals surface area (Å²) in [6, 6.07) is 10.6. The van der Waals surface area contributed by atoms with Crippen LogP contribution in [0.4, 0.5) is 0 Å². The van der Waals surface area contributed by atoms with Crippen molar-refractivity contribution in [2.24, 2.45) is 5.73 Å². The Bertz CT molecular complexity index is 640. The third-order valence-electron chi connectivity index (χ3n) is 2.96. The van der Waals surface area contributed by atoms with E-state index in [1.807, 2.05) is 31.2 Å². The molecule has 0 aliphatic carbocycles. The predicted molar refractivity (Wildman–Crippen MR) is 82.9 cm³/mol. The van der Waals surface area contributed by atoms with Crippen LogP contribution in [0.3, 0.4) is 0 Å². The highest BCUT2D eigenvalue weighted by atomic mass is 79.9. The molecule has 2 N–H and O–H groups in total. The summed E-state index contributed by atoms with van der Waals surface area (Å²) in [6.07, 6.45) is 1.74. The second kappa shape index (κ2) is 6.72. The molecule has 0 radical (unpaired) electrons. The minimum atomic E-state index is -0.301. The lowest BCUT2D eigenvalue weighted by atomic mass is 10.1. The SMILES string of the molecule is CCOc1ccccc1C(N)Cn1cc(Br)ccc1=O. The molecule has 1 atom stereocenters. The van der Waals surface area contributed by atoms with Gasteiger partial charge in [-0.15, -0.1) is 0 Å². The molecule has 106 valence electrons. The van der Waals surface area contributed by atoms with Crippen LogP contribution in [0, 0.1) is 0 Å². The van der Waals surface area contributed by atoms with Gasteiger partial charge in [-0.3, -0.25) is 4.79 Å². The van der Waals surface area contributed by atoms with Gasteiger partial charge in [0.15, 0.2) is 0 Å². The Labute approximate surface area is 126 Å². The molecule has 4 nitrogen and oxygen atoms in total. The Hall–Kier alpha value is -1.59. The minimum Gasteiger partial charge on any atom is -0.494 e. The maximum atomic E-state index is 11.8. The van der Waals surface area contributed by atoms with Gasteiger partial charge in [-0.25, -0.2) is 0 Å². The van der Waals surface area contributed by atoms with E-state index in [-0.39, 0.29) is 11.6 Å². The Morgan fingerprint density at radius 3 is 2.80 bits per heavy atom. The first-order valence-corrected chi connectivity index (χ1v) is 7.24. The summed E-state index contributed by atoms with van der Waals surface area (Å²) in [5.41, 5.74) is 7.05. The number of aromatic nitrogens is 1. The lowest BCUT2D eigenvalue weighted by Crippen LogP contribution is -2.26. The number of rotatable bonds is 5. The smallest absolute Gasteiger partial charge is 0.250 e. The quantitative estimate of drug-likeness (QED) is 0.913. The largest absolute Gasteiger partial charge is 0.494 e. The zero-order valence-electron chi connectivity index (χ0n) is 11.3. The van der Waals surface area contributed by atoms with E-state index in [9.17, 15) is 4.79 Å². The Kier molecular flexibility index (Phi) is 4.98. The van der Waals surface area contributed by atoms with E-state index < -0.39 is 0 Å². The Morgan fingerprint density at radius 2 is 2.05 bits per heavy atom. The molecular weight excluding hydrogens is 320 g/mol. The Morgan fingerprint density at radius 1 is 1.30 bits per heavy atom. The van der Waals surface area contributed by atoms with E-state index in [4.69, 9.17) is 10.5 Å². The standard InChI is InChI=1S/C15H17BrN2O2/c1-2-20-14-6-4-3-5-12(14)13(17)10-18-9-11(16)7-8-15(18)19/h3-9,13H,2,10,17H2,1H3. The highest BCUT2D eigenvalue weighted by molar-refractivity contribution is 9.10. The van der Waals surface area contributed by atoms with Crippen molar-refractivity contribution in [3.63, 3.8) is 0 Å². The van der Waals surface area contributed by atoms with Crippen LogP contribution < -0.4 is 16.0 Å². The second-order valence-electron chi connectivity index (χ2n) is 4.42. The summed E-state index contributed by atoms with van der Waals surface area (Å²) < 4.78 is 8.02. The van der Waals surface area contributed by atoms with Gasteiger partial charge in [0.1, 0.15) is 5.75 Å². The Balaban J connectivity index is 2.26. The van der Waals surface area contributed by atoms with Crippen molar-refractivity contribution in [1.82, 2.24) is 4.57 Å². The molecule has 2 aromatic rings. The maximum Gasteiger partial charge on any atom is 0.250 e. The topological polar surface area (TPSA) is 57.2 Å². The van der Waals surface area contributed by atoms with Crippen molar-refractivity contribution in [3.05, 3.63) is 63.0 Å². The number of halogens is 1. The van der Waals surface area contributed by atoms with Crippen molar-refractivity contribution < 1.29 is 4.74 Å². The fourth-order valence-electron chi connectivity index (χ4n) is 2.03. The van der Waals surface area contributed by atoms with Gasteiger partial charge in [-0.2, -0.15) is 0 Å². The molecule has 0 amide bonds. The van der Waals surface area contributed by atoms with Crippen molar-refractivity contribution in [3.8, 4) is 5.75 Å². The van der Waals surface area contributed by atoms with Crippen LogP contribution in [0.15, 0.2) is 51.9 Å². The molecule has 0 spiro atoms. The molecule has 0 aliphatic heterocycles. The van der Waals surface area contributed by atoms with Crippen molar-refractivity contribution >= 4 is 15.9 Å². The molecule has 0 fully saturated rings. The molecule has 1 unspecified atom stereocenters. The number of ether oxygens (including phenoxy) is 1. The van der Waals surface area contributed by atoms with E-state index in [2.05, 4.69) is 15.9 Å². The van der Waals surface area contributed by atoms with Gasteiger partial charge in [-0.1, -0.05) is 18.2 Å². The number of nitrogens with zero attached hydrogens (tertiary/aromatic N) is 1. The third-order valence-corrected chi connectivity index (χ3v) is 3.43. The summed E-state index contributed by atoms with van der Waals surface area (Å²) in [5.74, 6) is 0.769. The first kappa shape index (κ1) is 14.8. The predicted octanol–water partition coefficient (Wildman–Crippen LogP) is 2.71. The second-order valence-corrected chi connectivity index (χ2v) is 5.33. The maximum absolute atomic E-state index is 11.8. The fourth-order valence-corrected chi connectivity index (χ4v) is 2.41. The van der Waals surface area contributed by atoms with Gasteiger partial charge in [0.2, 0.25) is 0 Å².